The van der Waals surface area contributed by atoms with Crippen LogP contribution in [0.15, 0.2) is 28.1 Å². The molecule has 0 unspecified atom stereocenters. The molecule has 10 heteroatoms. The van der Waals surface area contributed by atoms with E-state index in [4.69, 9.17) is 4.74 Å². The van der Waals surface area contributed by atoms with Crippen molar-refractivity contribution in [3.63, 3.8) is 0 Å². The molecule has 0 saturated carbocycles. The van der Waals surface area contributed by atoms with Crippen LogP contribution in [0.4, 0.5) is 13.2 Å². The Balaban J connectivity index is 1.49. The molecule has 0 aliphatic carbocycles. The van der Waals surface area contributed by atoms with Crippen molar-refractivity contribution in [1.82, 2.24) is 19.9 Å². The van der Waals surface area contributed by atoms with Crippen LogP contribution in [0.3, 0.4) is 0 Å². The largest absolute Gasteiger partial charge is 0.468 e. The van der Waals surface area contributed by atoms with Gasteiger partial charge in [-0.25, -0.2) is 9.97 Å². The van der Waals surface area contributed by atoms with Gasteiger partial charge in [-0.1, -0.05) is 6.07 Å². The number of nitrogens with one attached hydrogen (secondary N) is 1. The van der Waals surface area contributed by atoms with Crippen molar-refractivity contribution in [1.29, 1.82) is 0 Å². The molecule has 2 aliphatic rings. The summed E-state index contributed by atoms with van der Waals surface area (Å²) in [6.45, 7) is 0.680. The number of aromatic amines is 1. The van der Waals surface area contributed by atoms with Crippen molar-refractivity contribution >= 4 is 5.71 Å². The van der Waals surface area contributed by atoms with Gasteiger partial charge >= 0.3 is 6.18 Å². The maximum Gasteiger partial charge on any atom is 0.422 e. The van der Waals surface area contributed by atoms with Gasteiger partial charge in [0.05, 0.1) is 17.0 Å². The van der Waals surface area contributed by atoms with Crippen LogP contribution in [0.2, 0.25) is 0 Å². The normalized spacial score (nSPS) is 17.4. The Morgan fingerprint density at radius 3 is 2.87 bits per heavy atom. The summed E-state index contributed by atoms with van der Waals surface area (Å²) in [7, 11) is 0. The molecule has 0 spiro atoms. The van der Waals surface area contributed by atoms with Gasteiger partial charge in [0.2, 0.25) is 5.88 Å². The predicted octanol–water partition coefficient (Wildman–Crippen LogP) is 2.64. The third-order valence-corrected chi connectivity index (χ3v) is 5.16. The minimum absolute atomic E-state index is 0.0432. The highest BCUT2D eigenvalue weighted by Crippen LogP contribution is 2.23. The maximum absolute atomic E-state index is 12.7. The summed E-state index contributed by atoms with van der Waals surface area (Å²) in [5.41, 5.74) is 2.56. The van der Waals surface area contributed by atoms with Crippen molar-refractivity contribution in [2.24, 2.45) is 4.99 Å². The highest BCUT2D eigenvalue weighted by atomic mass is 19.4. The van der Waals surface area contributed by atoms with E-state index < -0.39 is 12.8 Å². The molecule has 0 bridgehead atoms. The number of nitrogens with zero attached hydrogens (tertiary/aromatic N) is 4. The molecule has 0 radical (unpaired) electrons. The number of alkyl halides is 3. The number of fused-ring (bicyclic) bond motifs is 1. The molecule has 2 aromatic rings. The first-order chi connectivity index (χ1) is 14.4. The summed E-state index contributed by atoms with van der Waals surface area (Å²) in [6.07, 6.45) is 0.449. The van der Waals surface area contributed by atoms with Crippen LogP contribution in [0, 0.1) is 0 Å². The summed E-state index contributed by atoms with van der Waals surface area (Å²) >= 11 is 0. The zero-order valence-electron chi connectivity index (χ0n) is 16.3. The lowest BCUT2D eigenvalue weighted by Crippen LogP contribution is -2.36. The molecule has 0 saturated heterocycles. The molecule has 0 fully saturated rings. The van der Waals surface area contributed by atoms with E-state index in [1.807, 2.05) is 4.90 Å². The van der Waals surface area contributed by atoms with Crippen molar-refractivity contribution in [3.05, 3.63) is 51.3 Å². The number of aromatic nitrogens is 3. The monoisotopic (exact) mass is 421 g/mol. The van der Waals surface area contributed by atoms with Crippen LogP contribution in [-0.4, -0.2) is 51.4 Å². The van der Waals surface area contributed by atoms with E-state index in [0.29, 0.717) is 43.0 Å². The fourth-order valence-electron chi connectivity index (χ4n) is 3.71. The van der Waals surface area contributed by atoms with Gasteiger partial charge in [0.1, 0.15) is 0 Å². The van der Waals surface area contributed by atoms with Crippen LogP contribution < -0.4 is 10.3 Å². The first kappa shape index (κ1) is 20.5. The molecule has 30 heavy (non-hydrogen) atoms. The van der Waals surface area contributed by atoms with Crippen LogP contribution in [-0.2, 0) is 19.5 Å². The first-order valence-electron chi connectivity index (χ1n) is 9.90. The van der Waals surface area contributed by atoms with Crippen LogP contribution >= 0.6 is 0 Å². The standard InChI is InChI=1S/C20H22F3N5O2/c21-20(22,23)12-30-19-13(4-3-8-25-19)10-28-9-6-15-14(11-28)18(29)27-17(26-15)16-5-1-2-7-24-16/h3-4,8H,1-2,5-7,9-12H2,(H,26,27,29). The molecule has 2 aliphatic heterocycles. The highest BCUT2D eigenvalue weighted by molar-refractivity contribution is 5.97. The van der Waals surface area contributed by atoms with Crippen molar-refractivity contribution < 1.29 is 17.9 Å². The third-order valence-electron chi connectivity index (χ3n) is 5.16. The Bertz CT molecular complexity index is 1000. The molecule has 0 aromatic carbocycles. The minimum Gasteiger partial charge on any atom is -0.468 e. The van der Waals surface area contributed by atoms with Gasteiger partial charge in [-0.2, -0.15) is 13.2 Å². The lowest BCUT2D eigenvalue weighted by Gasteiger charge is -2.28. The van der Waals surface area contributed by atoms with Gasteiger partial charge in [0, 0.05) is 44.4 Å². The summed E-state index contributed by atoms with van der Waals surface area (Å²) in [4.78, 5) is 30.5. The quantitative estimate of drug-likeness (QED) is 0.803. The number of hydrogen-bond donors (Lipinski definition) is 1. The van der Waals surface area contributed by atoms with Crippen molar-refractivity contribution in [2.45, 2.75) is 44.9 Å². The number of aliphatic imine (C=N–C) groups is 1. The van der Waals surface area contributed by atoms with Gasteiger partial charge < -0.3 is 9.72 Å². The van der Waals surface area contributed by atoms with Crippen molar-refractivity contribution in [2.75, 3.05) is 19.7 Å². The number of halogens is 3. The SMILES string of the molecule is O=c1[nH]c(C2=NCCCC2)nc2c1CN(Cc1cccnc1OCC(F)(F)F)CC2. The zero-order chi connectivity index (χ0) is 21.1. The average molecular weight is 421 g/mol. The molecule has 2 aromatic heterocycles. The minimum atomic E-state index is -4.43. The van der Waals surface area contributed by atoms with E-state index in [-0.39, 0.29) is 11.4 Å². The molecule has 7 nitrogen and oxygen atoms in total. The Labute approximate surface area is 171 Å². The van der Waals surface area contributed by atoms with Gasteiger partial charge in [0.25, 0.3) is 5.56 Å². The van der Waals surface area contributed by atoms with E-state index in [9.17, 15) is 18.0 Å². The molecular formula is C20H22F3N5O2. The second kappa shape index (κ2) is 8.55. The average Bonchev–Trinajstić information content (AvgIpc) is 2.73. The summed E-state index contributed by atoms with van der Waals surface area (Å²) in [5.74, 6) is 0.514. The van der Waals surface area contributed by atoms with Gasteiger partial charge in [-0.3, -0.25) is 14.7 Å². The van der Waals surface area contributed by atoms with E-state index in [1.165, 1.54) is 6.20 Å². The summed E-state index contributed by atoms with van der Waals surface area (Å²) in [5, 5.41) is 0. The van der Waals surface area contributed by atoms with Crippen molar-refractivity contribution in [3.8, 4) is 5.88 Å². The Morgan fingerprint density at radius 1 is 1.23 bits per heavy atom. The number of rotatable bonds is 5. The van der Waals surface area contributed by atoms with Crippen LogP contribution in [0.1, 0.15) is 41.9 Å². The van der Waals surface area contributed by atoms with Gasteiger partial charge in [0.15, 0.2) is 12.4 Å². The van der Waals surface area contributed by atoms with E-state index in [1.54, 1.807) is 12.1 Å². The van der Waals surface area contributed by atoms with Gasteiger partial charge in [-0.15, -0.1) is 0 Å². The van der Waals surface area contributed by atoms with Crippen LogP contribution in [0.25, 0.3) is 0 Å². The molecule has 4 heterocycles. The number of H-pyrrole nitrogens is 1. The Morgan fingerprint density at radius 2 is 2.10 bits per heavy atom. The van der Waals surface area contributed by atoms with E-state index >= 15 is 0 Å². The van der Waals surface area contributed by atoms with E-state index in [0.717, 1.165) is 37.2 Å². The maximum atomic E-state index is 12.7. The fraction of sp³-hybridized carbons (Fsp3) is 0.500. The smallest absolute Gasteiger partial charge is 0.422 e. The van der Waals surface area contributed by atoms with Crippen LogP contribution in [0.5, 0.6) is 5.88 Å². The molecule has 160 valence electrons. The lowest BCUT2D eigenvalue weighted by molar-refractivity contribution is -0.154. The third kappa shape index (κ3) is 4.86. The molecule has 0 atom stereocenters. The number of ether oxygens (including phenoxy) is 1. The Kier molecular flexibility index (Phi) is 5.85. The summed E-state index contributed by atoms with van der Waals surface area (Å²) in [6, 6.07) is 3.33. The van der Waals surface area contributed by atoms with Gasteiger partial charge in [-0.05, 0) is 25.3 Å². The first-order valence-corrected chi connectivity index (χ1v) is 9.90. The molecule has 4 rings (SSSR count). The fourth-order valence-corrected chi connectivity index (χ4v) is 3.71. The highest BCUT2D eigenvalue weighted by Gasteiger charge is 2.29. The zero-order valence-corrected chi connectivity index (χ0v) is 16.3. The second-order valence-electron chi connectivity index (χ2n) is 7.46. The Hall–Kier alpha value is -2.75. The molecule has 1 N–H and O–H groups in total. The second-order valence-corrected chi connectivity index (χ2v) is 7.46. The number of pyridine rings is 1. The summed E-state index contributed by atoms with van der Waals surface area (Å²) < 4.78 is 42.3. The topological polar surface area (TPSA) is 83.5 Å². The number of hydrogen-bond acceptors (Lipinski definition) is 6. The molecular weight excluding hydrogens is 399 g/mol. The predicted molar refractivity (Wildman–Crippen MR) is 104 cm³/mol. The lowest BCUT2D eigenvalue weighted by atomic mass is 10.0. The van der Waals surface area contributed by atoms with E-state index in [2.05, 4.69) is 19.9 Å². The molecule has 0 amide bonds.